The molecule has 0 aromatic rings. The molecule has 0 saturated carbocycles. The Morgan fingerprint density at radius 1 is 1.50 bits per heavy atom. The Labute approximate surface area is 73.5 Å². The molecule has 3 nitrogen and oxygen atoms in total. The molecular formula is C9H16NO2. The van der Waals surface area contributed by atoms with Gasteiger partial charge in [0.2, 0.25) is 0 Å². The molecule has 0 unspecified atom stereocenters. The van der Waals surface area contributed by atoms with Crippen molar-refractivity contribution in [1.82, 2.24) is 5.32 Å². The molecule has 1 atom stereocenters. The Hall–Kier alpha value is -0.570. The number of ether oxygens (including phenoxy) is 1. The molecule has 0 spiro atoms. The summed E-state index contributed by atoms with van der Waals surface area (Å²) in [4.78, 5) is 11.3. The monoisotopic (exact) mass is 170 g/mol. The van der Waals surface area contributed by atoms with Crippen LogP contribution in [-0.4, -0.2) is 24.2 Å². The number of hydrogen-bond donors (Lipinski definition) is 0. The second-order valence-corrected chi connectivity index (χ2v) is 4.10. The van der Waals surface area contributed by atoms with Gasteiger partial charge in [-0.15, -0.1) is 0 Å². The van der Waals surface area contributed by atoms with Gasteiger partial charge in [0.15, 0.2) is 0 Å². The maximum Gasteiger partial charge on any atom is 0.325 e. The molecule has 1 fully saturated rings. The lowest BCUT2D eigenvalue weighted by atomic mass is 10.2. The molecule has 3 heteroatoms. The van der Waals surface area contributed by atoms with Crippen molar-refractivity contribution in [3.8, 4) is 0 Å². The maximum atomic E-state index is 11.3. The van der Waals surface area contributed by atoms with Crippen LogP contribution in [0.4, 0.5) is 0 Å². The number of rotatable bonds is 1. The lowest BCUT2D eigenvalue weighted by Crippen LogP contribution is -2.34. The summed E-state index contributed by atoms with van der Waals surface area (Å²) in [6, 6.07) is -0.191. The molecule has 0 amide bonds. The summed E-state index contributed by atoms with van der Waals surface area (Å²) in [6.45, 7) is 6.43. The van der Waals surface area contributed by atoms with Crippen LogP contribution in [-0.2, 0) is 9.53 Å². The molecule has 1 radical (unpaired) electrons. The molecule has 0 aromatic heterocycles. The molecule has 12 heavy (non-hydrogen) atoms. The van der Waals surface area contributed by atoms with Gasteiger partial charge in [0.1, 0.15) is 11.6 Å². The fraction of sp³-hybridized carbons (Fsp3) is 0.889. The molecule has 1 rings (SSSR count). The second kappa shape index (κ2) is 3.44. The van der Waals surface area contributed by atoms with Crippen LogP contribution in [0.2, 0.25) is 0 Å². The van der Waals surface area contributed by atoms with Gasteiger partial charge < -0.3 is 4.74 Å². The van der Waals surface area contributed by atoms with Gasteiger partial charge in [-0.1, -0.05) is 0 Å². The van der Waals surface area contributed by atoms with E-state index in [1.54, 1.807) is 0 Å². The SMILES string of the molecule is CC(C)(C)OC(=O)[C@H]1CCC[N]1. The van der Waals surface area contributed by atoms with Crippen LogP contribution in [0, 0.1) is 0 Å². The minimum atomic E-state index is -0.380. The van der Waals surface area contributed by atoms with E-state index in [2.05, 4.69) is 5.32 Å². The zero-order valence-electron chi connectivity index (χ0n) is 7.96. The van der Waals surface area contributed by atoms with E-state index in [1.165, 1.54) is 0 Å². The molecule has 0 N–H and O–H groups in total. The van der Waals surface area contributed by atoms with Crippen LogP contribution in [0.1, 0.15) is 33.6 Å². The van der Waals surface area contributed by atoms with Crippen molar-refractivity contribution in [1.29, 1.82) is 0 Å². The van der Waals surface area contributed by atoms with Crippen molar-refractivity contribution in [3.63, 3.8) is 0 Å². The molecule has 0 aromatic carbocycles. The Balaban J connectivity index is 2.37. The van der Waals surface area contributed by atoms with E-state index in [0.717, 1.165) is 19.4 Å². The molecule has 1 aliphatic rings. The van der Waals surface area contributed by atoms with Gasteiger partial charge in [0, 0.05) is 6.54 Å². The van der Waals surface area contributed by atoms with Crippen molar-refractivity contribution >= 4 is 5.97 Å². The normalized spacial score (nSPS) is 24.1. The maximum absolute atomic E-state index is 11.3. The van der Waals surface area contributed by atoms with Crippen LogP contribution >= 0.6 is 0 Å². The topological polar surface area (TPSA) is 40.4 Å². The van der Waals surface area contributed by atoms with E-state index >= 15 is 0 Å². The summed E-state index contributed by atoms with van der Waals surface area (Å²) in [7, 11) is 0. The van der Waals surface area contributed by atoms with E-state index in [9.17, 15) is 4.79 Å². The fourth-order valence-corrected chi connectivity index (χ4v) is 1.19. The van der Waals surface area contributed by atoms with Gasteiger partial charge in [-0.05, 0) is 33.6 Å². The molecule has 1 aliphatic heterocycles. The average Bonchev–Trinajstić information content (AvgIpc) is 2.32. The zero-order chi connectivity index (χ0) is 9.19. The van der Waals surface area contributed by atoms with Crippen LogP contribution in [0.5, 0.6) is 0 Å². The molecule has 0 bridgehead atoms. The molecule has 0 aliphatic carbocycles. The summed E-state index contributed by atoms with van der Waals surface area (Å²) in [5, 5.41) is 4.15. The van der Waals surface area contributed by atoms with Gasteiger partial charge in [0.05, 0.1) is 0 Å². The highest BCUT2D eigenvalue weighted by Gasteiger charge is 2.28. The van der Waals surface area contributed by atoms with E-state index in [1.807, 2.05) is 20.8 Å². The highest BCUT2D eigenvalue weighted by atomic mass is 16.6. The average molecular weight is 170 g/mol. The van der Waals surface area contributed by atoms with Crippen LogP contribution in [0.25, 0.3) is 0 Å². The first kappa shape index (κ1) is 9.52. The van der Waals surface area contributed by atoms with Crippen molar-refractivity contribution in [3.05, 3.63) is 0 Å². The minimum Gasteiger partial charge on any atom is -0.459 e. The number of carbonyl (C=O) groups excluding carboxylic acids is 1. The largest absolute Gasteiger partial charge is 0.459 e. The molecule has 1 heterocycles. The van der Waals surface area contributed by atoms with Gasteiger partial charge >= 0.3 is 5.97 Å². The molecule has 1 saturated heterocycles. The lowest BCUT2D eigenvalue weighted by molar-refractivity contribution is -0.157. The smallest absolute Gasteiger partial charge is 0.325 e. The second-order valence-electron chi connectivity index (χ2n) is 4.10. The van der Waals surface area contributed by atoms with E-state index in [0.29, 0.717) is 0 Å². The quantitative estimate of drug-likeness (QED) is 0.553. The third-order valence-corrected chi connectivity index (χ3v) is 1.66. The van der Waals surface area contributed by atoms with Gasteiger partial charge in [-0.25, -0.2) is 5.32 Å². The first-order valence-corrected chi connectivity index (χ1v) is 4.38. The number of hydrogen-bond acceptors (Lipinski definition) is 2. The van der Waals surface area contributed by atoms with Crippen molar-refractivity contribution < 1.29 is 9.53 Å². The Morgan fingerprint density at radius 3 is 2.58 bits per heavy atom. The van der Waals surface area contributed by atoms with Crippen molar-refractivity contribution in [2.75, 3.05) is 6.54 Å². The summed E-state index contributed by atoms with van der Waals surface area (Å²) >= 11 is 0. The standard InChI is InChI=1S/C9H16NO2/c1-9(2,3)12-8(11)7-5-4-6-10-7/h7H,4-6H2,1-3H3/t7-/m1/s1. The summed E-state index contributed by atoms with van der Waals surface area (Å²) in [5.74, 6) is -0.167. The lowest BCUT2D eigenvalue weighted by Gasteiger charge is -2.21. The third kappa shape index (κ3) is 2.81. The Bertz CT molecular complexity index is 166. The van der Waals surface area contributed by atoms with Crippen LogP contribution in [0.15, 0.2) is 0 Å². The number of nitrogens with zero attached hydrogens (tertiary/aromatic N) is 1. The zero-order valence-corrected chi connectivity index (χ0v) is 7.96. The first-order chi connectivity index (χ1) is 5.49. The van der Waals surface area contributed by atoms with E-state index in [-0.39, 0.29) is 17.6 Å². The van der Waals surface area contributed by atoms with E-state index < -0.39 is 0 Å². The van der Waals surface area contributed by atoms with Gasteiger partial charge in [-0.2, -0.15) is 0 Å². The fourth-order valence-electron chi connectivity index (χ4n) is 1.19. The Morgan fingerprint density at radius 2 is 2.17 bits per heavy atom. The van der Waals surface area contributed by atoms with Crippen molar-refractivity contribution in [2.45, 2.75) is 45.3 Å². The highest BCUT2D eigenvalue weighted by Crippen LogP contribution is 2.14. The third-order valence-electron chi connectivity index (χ3n) is 1.66. The first-order valence-electron chi connectivity index (χ1n) is 4.38. The highest BCUT2D eigenvalue weighted by molar-refractivity contribution is 5.76. The predicted octanol–water partition coefficient (Wildman–Crippen LogP) is 1.09. The Kier molecular flexibility index (Phi) is 2.73. The molecule has 69 valence electrons. The van der Waals surface area contributed by atoms with Crippen molar-refractivity contribution in [2.24, 2.45) is 0 Å². The molecular weight excluding hydrogens is 154 g/mol. The number of esters is 1. The predicted molar refractivity (Wildman–Crippen MR) is 45.9 cm³/mol. The minimum absolute atomic E-state index is 0.167. The summed E-state index contributed by atoms with van der Waals surface area (Å²) < 4.78 is 5.19. The van der Waals surface area contributed by atoms with Gasteiger partial charge in [0.25, 0.3) is 0 Å². The summed E-state index contributed by atoms with van der Waals surface area (Å²) in [6.07, 6.45) is 1.87. The van der Waals surface area contributed by atoms with Gasteiger partial charge in [-0.3, -0.25) is 4.79 Å². The van der Waals surface area contributed by atoms with E-state index in [4.69, 9.17) is 4.74 Å². The van der Waals surface area contributed by atoms with Crippen LogP contribution < -0.4 is 5.32 Å². The number of carbonyl (C=O) groups is 1. The summed E-state index contributed by atoms with van der Waals surface area (Å²) in [5.41, 5.74) is -0.380. The van der Waals surface area contributed by atoms with Crippen LogP contribution in [0.3, 0.4) is 0 Å².